The summed E-state index contributed by atoms with van der Waals surface area (Å²) in [5, 5.41) is 3.56. The van der Waals surface area contributed by atoms with Crippen LogP contribution in [0.3, 0.4) is 0 Å². The quantitative estimate of drug-likeness (QED) is 0.672. The van der Waals surface area contributed by atoms with Gasteiger partial charge in [0.15, 0.2) is 0 Å². The van der Waals surface area contributed by atoms with E-state index in [0.717, 1.165) is 22.5 Å². The lowest BCUT2D eigenvalue weighted by atomic mass is 10.1. The molecule has 3 rings (SSSR count). The van der Waals surface area contributed by atoms with Gasteiger partial charge in [0.1, 0.15) is 5.82 Å². The summed E-state index contributed by atoms with van der Waals surface area (Å²) in [6.45, 7) is 0. The molecule has 19 heavy (non-hydrogen) atoms. The number of aromatic amines is 2. The smallest absolute Gasteiger partial charge is 0.323 e. The van der Waals surface area contributed by atoms with Crippen LogP contribution in [0.1, 0.15) is 0 Å². The summed E-state index contributed by atoms with van der Waals surface area (Å²) in [6.07, 6.45) is 1.71. The van der Waals surface area contributed by atoms with Gasteiger partial charge in [0.25, 0.3) is 0 Å². The topological polar surface area (TPSA) is 73.6 Å². The van der Waals surface area contributed by atoms with Gasteiger partial charge in [-0.2, -0.15) is 0 Å². The summed E-state index contributed by atoms with van der Waals surface area (Å²) >= 11 is 6.27. The van der Waals surface area contributed by atoms with Gasteiger partial charge in [-0.05, 0) is 29.8 Å². The zero-order valence-corrected chi connectivity index (χ0v) is 10.9. The molecule has 96 valence electrons. The lowest BCUT2D eigenvalue weighted by Gasteiger charge is -2.06. The normalized spacial score (nSPS) is 10.8. The Labute approximate surface area is 113 Å². The number of halogens is 1. The minimum absolute atomic E-state index is 0.242. The Bertz CT molecular complexity index is 806. The van der Waals surface area contributed by atoms with Crippen molar-refractivity contribution in [2.24, 2.45) is 0 Å². The fraction of sp³-hybridized carbons (Fsp3) is 0.0769. The van der Waals surface area contributed by atoms with Crippen LogP contribution >= 0.6 is 11.6 Å². The Hall–Kier alpha value is -2.27. The Morgan fingerprint density at radius 3 is 2.68 bits per heavy atom. The molecule has 0 unspecified atom stereocenters. The van der Waals surface area contributed by atoms with Crippen LogP contribution in [0, 0.1) is 0 Å². The van der Waals surface area contributed by atoms with E-state index in [1.54, 1.807) is 19.3 Å². The maximum absolute atomic E-state index is 11.3. The van der Waals surface area contributed by atoms with E-state index in [9.17, 15) is 4.79 Å². The predicted molar refractivity (Wildman–Crippen MR) is 76.7 cm³/mol. The van der Waals surface area contributed by atoms with Crippen LogP contribution in [0.5, 0.6) is 0 Å². The Morgan fingerprint density at radius 2 is 1.95 bits per heavy atom. The molecule has 0 atom stereocenters. The number of nitrogens with zero attached hydrogens (tertiary/aromatic N) is 1. The van der Waals surface area contributed by atoms with Crippen molar-refractivity contribution in [1.82, 2.24) is 15.0 Å². The number of benzene rings is 1. The van der Waals surface area contributed by atoms with E-state index in [-0.39, 0.29) is 5.69 Å². The van der Waals surface area contributed by atoms with Crippen molar-refractivity contribution in [3.63, 3.8) is 0 Å². The first-order chi connectivity index (χ1) is 9.17. The minimum atomic E-state index is -0.242. The van der Waals surface area contributed by atoms with Crippen molar-refractivity contribution in [1.29, 1.82) is 0 Å². The van der Waals surface area contributed by atoms with E-state index in [1.807, 2.05) is 18.2 Å². The number of nitrogens with one attached hydrogen (secondary N) is 3. The SMILES string of the molecule is CNc1cc(-c2cc3[nH]c(=O)[nH]c3cc2Cl)ccn1. The number of imidazole rings is 1. The molecule has 2 aromatic heterocycles. The zero-order chi connectivity index (χ0) is 13.4. The van der Waals surface area contributed by atoms with E-state index in [2.05, 4.69) is 20.3 Å². The molecule has 0 fully saturated rings. The predicted octanol–water partition coefficient (Wildman–Crippen LogP) is 2.61. The lowest BCUT2D eigenvalue weighted by molar-refractivity contribution is 1.22. The van der Waals surface area contributed by atoms with Crippen molar-refractivity contribution in [2.45, 2.75) is 0 Å². The highest BCUT2D eigenvalue weighted by molar-refractivity contribution is 6.34. The van der Waals surface area contributed by atoms with Gasteiger partial charge in [0, 0.05) is 18.8 Å². The van der Waals surface area contributed by atoms with Gasteiger partial charge in [0.05, 0.1) is 16.1 Å². The third-order valence-electron chi connectivity index (χ3n) is 2.93. The van der Waals surface area contributed by atoms with Crippen molar-refractivity contribution in [2.75, 3.05) is 12.4 Å². The van der Waals surface area contributed by atoms with Crippen molar-refractivity contribution < 1.29 is 0 Å². The van der Waals surface area contributed by atoms with Crippen LogP contribution in [0.2, 0.25) is 5.02 Å². The van der Waals surface area contributed by atoms with Crippen molar-refractivity contribution >= 4 is 28.5 Å². The lowest BCUT2D eigenvalue weighted by Crippen LogP contribution is -1.99. The molecule has 1 aromatic carbocycles. The third-order valence-corrected chi connectivity index (χ3v) is 3.24. The first-order valence-corrected chi connectivity index (χ1v) is 6.11. The van der Waals surface area contributed by atoms with Gasteiger partial charge in [-0.15, -0.1) is 0 Å². The second-order valence-corrected chi connectivity index (χ2v) is 4.54. The number of rotatable bonds is 2. The average molecular weight is 275 g/mol. The molecular weight excluding hydrogens is 264 g/mol. The molecule has 3 N–H and O–H groups in total. The van der Waals surface area contributed by atoms with Gasteiger partial charge in [-0.3, -0.25) is 0 Å². The standard InChI is InChI=1S/C13H11ClN4O/c1-15-12-4-7(2-3-16-12)8-5-10-11(6-9(8)14)18-13(19)17-10/h2-6H,1H3,(H,15,16)(H2,17,18,19). The molecule has 2 heterocycles. The summed E-state index contributed by atoms with van der Waals surface area (Å²) < 4.78 is 0. The highest BCUT2D eigenvalue weighted by Crippen LogP contribution is 2.31. The maximum atomic E-state index is 11.3. The van der Waals surface area contributed by atoms with Crippen molar-refractivity contribution in [3.05, 3.63) is 46.0 Å². The van der Waals surface area contributed by atoms with Gasteiger partial charge < -0.3 is 15.3 Å². The van der Waals surface area contributed by atoms with E-state index in [4.69, 9.17) is 11.6 Å². The van der Waals surface area contributed by atoms with E-state index in [1.165, 1.54) is 0 Å². The molecule has 0 aliphatic heterocycles. The van der Waals surface area contributed by atoms with Crippen LogP contribution in [0.25, 0.3) is 22.2 Å². The molecule has 3 aromatic rings. The number of anilines is 1. The summed E-state index contributed by atoms with van der Waals surface area (Å²) in [4.78, 5) is 20.8. The molecule has 0 aliphatic carbocycles. The first kappa shape index (κ1) is 11.8. The molecule has 0 saturated carbocycles. The molecule has 0 amide bonds. The average Bonchev–Trinajstić information content (AvgIpc) is 2.77. The summed E-state index contributed by atoms with van der Waals surface area (Å²) in [5.41, 5.74) is 2.97. The zero-order valence-electron chi connectivity index (χ0n) is 10.1. The highest BCUT2D eigenvalue weighted by Gasteiger charge is 2.08. The van der Waals surface area contributed by atoms with E-state index < -0.39 is 0 Å². The highest BCUT2D eigenvalue weighted by atomic mass is 35.5. The van der Waals surface area contributed by atoms with Crippen LogP contribution in [0.4, 0.5) is 5.82 Å². The molecule has 0 spiro atoms. The molecule has 0 aliphatic rings. The Balaban J connectivity index is 2.22. The molecule has 5 nitrogen and oxygen atoms in total. The Kier molecular flexibility index (Phi) is 2.76. The summed E-state index contributed by atoms with van der Waals surface area (Å²) in [6, 6.07) is 7.37. The fourth-order valence-electron chi connectivity index (χ4n) is 2.01. The molecular formula is C13H11ClN4O. The number of aromatic nitrogens is 3. The van der Waals surface area contributed by atoms with Crippen LogP contribution in [-0.4, -0.2) is 22.0 Å². The number of fused-ring (bicyclic) bond motifs is 1. The third kappa shape index (κ3) is 2.08. The largest absolute Gasteiger partial charge is 0.373 e. The number of hydrogen-bond donors (Lipinski definition) is 3. The first-order valence-electron chi connectivity index (χ1n) is 5.73. The van der Waals surface area contributed by atoms with Gasteiger partial charge in [-0.25, -0.2) is 9.78 Å². The molecule has 6 heteroatoms. The Morgan fingerprint density at radius 1 is 1.21 bits per heavy atom. The van der Waals surface area contributed by atoms with Gasteiger partial charge >= 0.3 is 5.69 Å². The van der Waals surface area contributed by atoms with Crippen LogP contribution in [-0.2, 0) is 0 Å². The van der Waals surface area contributed by atoms with Crippen LogP contribution in [0.15, 0.2) is 35.3 Å². The number of pyridine rings is 1. The number of H-pyrrole nitrogens is 2. The molecule has 0 radical (unpaired) electrons. The monoisotopic (exact) mass is 274 g/mol. The maximum Gasteiger partial charge on any atom is 0.323 e. The van der Waals surface area contributed by atoms with Crippen LogP contribution < -0.4 is 11.0 Å². The second kappa shape index (κ2) is 4.44. The van der Waals surface area contributed by atoms with E-state index >= 15 is 0 Å². The number of hydrogen-bond acceptors (Lipinski definition) is 3. The van der Waals surface area contributed by atoms with Gasteiger partial charge in [0.2, 0.25) is 0 Å². The second-order valence-electron chi connectivity index (χ2n) is 4.14. The fourth-order valence-corrected chi connectivity index (χ4v) is 2.28. The van der Waals surface area contributed by atoms with E-state index in [0.29, 0.717) is 10.5 Å². The van der Waals surface area contributed by atoms with Crippen molar-refractivity contribution in [3.8, 4) is 11.1 Å². The summed E-state index contributed by atoms with van der Waals surface area (Å²) in [7, 11) is 1.81. The summed E-state index contributed by atoms with van der Waals surface area (Å²) in [5.74, 6) is 0.760. The minimum Gasteiger partial charge on any atom is -0.373 e. The molecule has 0 saturated heterocycles. The van der Waals surface area contributed by atoms with Gasteiger partial charge in [-0.1, -0.05) is 11.6 Å². The molecule has 0 bridgehead atoms.